The van der Waals surface area contributed by atoms with Gasteiger partial charge in [0.1, 0.15) is 0 Å². The number of nitrogens with one attached hydrogen (secondary N) is 2. The van der Waals surface area contributed by atoms with Crippen molar-refractivity contribution in [2.24, 2.45) is 5.41 Å². The highest BCUT2D eigenvalue weighted by Crippen LogP contribution is 2.39. The smallest absolute Gasteiger partial charge is 0.234 e. The minimum absolute atomic E-state index is 0.0950. The molecule has 1 atom stereocenters. The predicted octanol–water partition coefficient (Wildman–Crippen LogP) is 4.11. The molecule has 1 fully saturated rings. The standard InChI is InChI=1S/C16H22N2OS/c1-16(2)8-4-3-5-14(16)17-11-6-7-13-12(9-11)18-15(19)10-20-13/h6-7,9,14,17H,3-5,8,10H2,1-2H3,(H,18,19). The van der Waals surface area contributed by atoms with Gasteiger partial charge < -0.3 is 10.6 Å². The minimum Gasteiger partial charge on any atom is -0.382 e. The Kier molecular flexibility index (Phi) is 3.67. The SMILES string of the molecule is CC1(C)CCCCC1Nc1ccc2c(c1)NC(=O)CS2. The maximum Gasteiger partial charge on any atom is 0.234 e. The van der Waals surface area contributed by atoms with E-state index in [1.807, 2.05) is 0 Å². The molecule has 108 valence electrons. The fourth-order valence-electron chi connectivity index (χ4n) is 3.14. The first-order valence-electron chi connectivity index (χ1n) is 7.38. The lowest BCUT2D eigenvalue weighted by Gasteiger charge is -2.39. The fraction of sp³-hybridized carbons (Fsp3) is 0.562. The van der Waals surface area contributed by atoms with Gasteiger partial charge in [-0.1, -0.05) is 26.7 Å². The van der Waals surface area contributed by atoms with Gasteiger partial charge in [0, 0.05) is 16.6 Å². The van der Waals surface area contributed by atoms with Crippen molar-refractivity contribution in [3.63, 3.8) is 0 Å². The number of carbonyl (C=O) groups is 1. The number of benzene rings is 1. The monoisotopic (exact) mass is 290 g/mol. The van der Waals surface area contributed by atoms with Gasteiger partial charge in [0.25, 0.3) is 0 Å². The van der Waals surface area contributed by atoms with E-state index in [0.717, 1.165) is 16.3 Å². The Bertz CT molecular complexity index is 527. The molecular formula is C16H22N2OS. The summed E-state index contributed by atoms with van der Waals surface area (Å²) in [5.41, 5.74) is 2.41. The molecule has 4 heteroatoms. The Balaban J connectivity index is 1.78. The van der Waals surface area contributed by atoms with Crippen LogP contribution in [0.3, 0.4) is 0 Å². The van der Waals surface area contributed by atoms with Crippen molar-refractivity contribution < 1.29 is 4.79 Å². The number of fused-ring (bicyclic) bond motifs is 1. The minimum atomic E-state index is 0.0950. The topological polar surface area (TPSA) is 41.1 Å². The summed E-state index contributed by atoms with van der Waals surface area (Å²) in [6.07, 6.45) is 5.15. The molecule has 1 heterocycles. The Morgan fingerprint density at radius 2 is 2.20 bits per heavy atom. The molecule has 1 unspecified atom stereocenters. The Hall–Kier alpha value is -1.16. The highest BCUT2D eigenvalue weighted by atomic mass is 32.2. The van der Waals surface area contributed by atoms with E-state index in [9.17, 15) is 4.79 Å². The maximum atomic E-state index is 11.5. The summed E-state index contributed by atoms with van der Waals surface area (Å²) in [5, 5.41) is 6.63. The number of rotatable bonds is 2. The van der Waals surface area contributed by atoms with Crippen molar-refractivity contribution in [1.29, 1.82) is 0 Å². The van der Waals surface area contributed by atoms with E-state index >= 15 is 0 Å². The zero-order valence-corrected chi connectivity index (χ0v) is 13.0. The van der Waals surface area contributed by atoms with Crippen molar-refractivity contribution in [3.8, 4) is 0 Å². The van der Waals surface area contributed by atoms with Gasteiger partial charge in [-0.3, -0.25) is 4.79 Å². The van der Waals surface area contributed by atoms with Gasteiger partial charge in [0.05, 0.1) is 11.4 Å². The number of amides is 1. The molecule has 3 rings (SSSR count). The number of hydrogen-bond acceptors (Lipinski definition) is 3. The summed E-state index contributed by atoms with van der Waals surface area (Å²) in [6, 6.07) is 6.83. The lowest BCUT2D eigenvalue weighted by Crippen LogP contribution is -2.38. The fourth-order valence-corrected chi connectivity index (χ4v) is 3.92. The van der Waals surface area contributed by atoms with Crippen LogP contribution < -0.4 is 10.6 Å². The number of carbonyl (C=O) groups excluding carboxylic acids is 1. The first kappa shape index (κ1) is 13.8. The predicted molar refractivity (Wildman–Crippen MR) is 85.5 cm³/mol. The third-order valence-corrected chi connectivity index (χ3v) is 5.53. The van der Waals surface area contributed by atoms with Crippen molar-refractivity contribution in [2.45, 2.75) is 50.5 Å². The molecule has 0 aromatic heterocycles. The van der Waals surface area contributed by atoms with Crippen LogP contribution in [0.15, 0.2) is 23.1 Å². The van der Waals surface area contributed by atoms with Gasteiger partial charge in [0.2, 0.25) is 5.91 Å². The molecule has 0 radical (unpaired) electrons. The molecule has 1 saturated carbocycles. The molecule has 0 spiro atoms. The molecule has 20 heavy (non-hydrogen) atoms. The van der Waals surface area contributed by atoms with E-state index in [1.54, 1.807) is 11.8 Å². The van der Waals surface area contributed by atoms with Crippen molar-refractivity contribution >= 4 is 29.0 Å². The highest BCUT2D eigenvalue weighted by Gasteiger charge is 2.32. The zero-order valence-electron chi connectivity index (χ0n) is 12.2. The average molecular weight is 290 g/mol. The molecule has 1 amide bonds. The lowest BCUT2D eigenvalue weighted by molar-refractivity contribution is -0.113. The molecular weight excluding hydrogens is 268 g/mol. The van der Waals surface area contributed by atoms with Crippen LogP contribution in [0.1, 0.15) is 39.5 Å². The quantitative estimate of drug-likeness (QED) is 0.861. The molecule has 1 aliphatic heterocycles. The van der Waals surface area contributed by atoms with Gasteiger partial charge in [-0.2, -0.15) is 0 Å². The third-order valence-electron chi connectivity index (χ3n) is 4.46. The summed E-state index contributed by atoms with van der Waals surface area (Å²) in [6.45, 7) is 4.69. The van der Waals surface area contributed by atoms with Crippen LogP contribution >= 0.6 is 11.8 Å². The number of anilines is 2. The largest absolute Gasteiger partial charge is 0.382 e. The number of thioether (sulfide) groups is 1. The number of hydrogen-bond donors (Lipinski definition) is 2. The van der Waals surface area contributed by atoms with Crippen molar-refractivity contribution in [1.82, 2.24) is 0 Å². The molecule has 2 aliphatic rings. The van der Waals surface area contributed by atoms with Crippen molar-refractivity contribution in [3.05, 3.63) is 18.2 Å². The Morgan fingerprint density at radius 3 is 3.00 bits per heavy atom. The molecule has 3 nitrogen and oxygen atoms in total. The van der Waals surface area contributed by atoms with Crippen LogP contribution in [-0.2, 0) is 4.79 Å². The van der Waals surface area contributed by atoms with E-state index in [2.05, 4.69) is 42.7 Å². The van der Waals surface area contributed by atoms with Crippen LogP contribution in [0.4, 0.5) is 11.4 Å². The van der Waals surface area contributed by atoms with Crippen LogP contribution in [0.25, 0.3) is 0 Å². The summed E-state index contributed by atoms with van der Waals surface area (Å²) in [7, 11) is 0. The van der Waals surface area contributed by atoms with E-state index in [-0.39, 0.29) is 5.91 Å². The van der Waals surface area contributed by atoms with Crippen LogP contribution in [0.5, 0.6) is 0 Å². The molecule has 0 saturated heterocycles. The van der Waals surface area contributed by atoms with Gasteiger partial charge in [-0.15, -0.1) is 11.8 Å². The van der Waals surface area contributed by atoms with E-state index in [1.165, 1.54) is 25.7 Å². The Labute approximate surface area is 124 Å². The average Bonchev–Trinajstić information content (AvgIpc) is 2.40. The van der Waals surface area contributed by atoms with Gasteiger partial charge in [-0.25, -0.2) is 0 Å². The van der Waals surface area contributed by atoms with Crippen LogP contribution in [0.2, 0.25) is 0 Å². The maximum absolute atomic E-state index is 11.5. The first-order valence-corrected chi connectivity index (χ1v) is 8.36. The second kappa shape index (κ2) is 5.32. The molecule has 2 N–H and O–H groups in total. The van der Waals surface area contributed by atoms with Crippen molar-refractivity contribution in [2.75, 3.05) is 16.4 Å². The van der Waals surface area contributed by atoms with Crippen LogP contribution in [0, 0.1) is 5.41 Å². The molecule has 0 bridgehead atoms. The van der Waals surface area contributed by atoms with Crippen LogP contribution in [-0.4, -0.2) is 17.7 Å². The van der Waals surface area contributed by atoms with Gasteiger partial charge in [0.15, 0.2) is 0 Å². The molecule has 1 aromatic rings. The summed E-state index contributed by atoms with van der Waals surface area (Å²) >= 11 is 1.61. The Morgan fingerprint density at radius 1 is 1.35 bits per heavy atom. The molecule has 1 aliphatic carbocycles. The summed E-state index contributed by atoms with van der Waals surface area (Å²) < 4.78 is 0. The van der Waals surface area contributed by atoms with E-state index in [4.69, 9.17) is 0 Å². The lowest BCUT2D eigenvalue weighted by atomic mass is 9.73. The highest BCUT2D eigenvalue weighted by molar-refractivity contribution is 8.00. The van der Waals surface area contributed by atoms with Gasteiger partial charge >= 0.3 is 0 Å². The first-order chi connectivity index (χ1) is 9.54. The third kappa shape index (κ3) is 2.80. The normalized spacial score (nSPS) is 24.7. The molecule has 1 aromatic carbocycles. The second-order valence-electron chi connectivity index (χ2n) is 6.48. The summed E-state index contributed by atoms with van der Waals surface area (Å²) in [4.78, 5) is 12.6. The zero-order chi connectivity index (χ0) is 14.2. The second-order valence-corrected chi connectivity index (χ2v) is 7.50. The summed E-state index contributed by atoms with van der Waals surface area (Å²) in [5.74, 6) is 0.618. The van der Waals surface area contributed by atoms with E-state index < -0.39 is 0 Å². The van der Waals surface area contributed by atoms with E-state index in [0.29, 0.717) is 17.2 Å². The van der Waals surface area contributed by atoms with Gasteiger partial charge in [-0.05, 0) is 36.5 Å².